The number of nitrogens with zero attached hydrogens (tertiary/aromatic N) is 2. The maximum Gasteiger partial charge on any atom is 0.225 e. The summed E-state index contributed by atoms with van der Waals surface area (Å²) in [6.45, 7) is 5.54. The van der Waals surface area contributed by atoms with E-state index in [1.165, 1.54) is 11.3 Å². The molecule has 0 aliphatic carbocycles. The largest absolute Gasteiger partial charge is 0.307 e. The van der Waals surface area contributed by atoms with Gasteiger partial charge in [-0.15, -0.1) is 11.3 Å². The zero-order valence-corrected chi connectivity index (χ0v) is 13.7. The normalized spacial score (nSPS) is 10.6. The molecule has 1 aromatic heterocycles. The van der Waals surface area contributed by atoms with Crippen LogP contribution in [0.5, 0.6) is 0 Å². The molecule has 0 aliphatic heterocycles. The fourth-order valence-corrected chi connectivity index (χ4v) is 3.12. The van der Waals surface area contributed by atoms with Crippen molar-refractivity contribution in [1.82, 2.24) is 10.3 Å². The van der Waals surface area contributed by atoms with E-state index in [9.17, 15) is 4.79 Å². The third-order valence-electron chi connectivity index (χ3n) is 2.99. The Labute approximate surface area is 133 Å². The summed E-state index contributed by atoms with van der Waals surface area (Å²) in [6.07, 6.45) is 0. The van der Waals surface area contributed by atoms with Crippen LogP contribution in [0.25, 0.3) is 0 Å². The van der Waals surface area contributed by atoms with Crippen LogP contribution >= 0.6 is 22.9 Å². The van der Waals surface area contributed by atoms with Crippen molar-refractivity contribution in [3.05, 3.63) is 45.9 Å². The summed E-state index contributed by atoms with van der Waals surface area (Å²) in [7, 11) is 0. The summed E-state index contributed by atoms with van der Waals surface area (Å²) in [6, 6.07) is 7.76. The zero-order valence-electron chi connectivity index (χ0n) is 12.1. The fraction of sp³-hybridized carbons (Fsp3) is 0.333. The number of carbonyl (C=O) groups is 1. The molecule has 0 saturated heterocycles. The molecule has 1 N–H and O–H groups in total. The lowest BCUT2D eigenvalue weighted by atomic mass is 10.2. The molecule has 2 aromatic rings. The van der Waals surface area contributed by atoms with Gasteiger partial charge in [0.1, 0.15) is 0 Å². The lowest BCUT2D eigenvalue weighted by Gasteiger charge is -2.14. The molecular weight excluding hydrogens is 306 g/mol. The first kappa shape index (κ1) is 15.9. The number of amides is 1. The Hall–Kier alpha value is -1.43. The number of aromatic nitrogens is 1. The minimum absolute atomic E-state index is 0.0188. The number of nitrogens with one attached hydrogen (secondary N) is 1. The highest BCUT2D eigenvalue weighted by atomic mass is 35.5. The van der Waals surface area contributed by atoms with E-state index in [0.717, 1.165) is 28.0 Å². The number of rotatable bonds is 6. The van der Waals surface area contributed by atoms with E-state index in [1.54, 1.807) is 11.8 Å². The summed E-state index contributed by atoms with van der Waals surface area (Å²) in [5.74, 6) is 0.0188. The van der Waals surface area contributed by atoms with Gasteiger partial charge in [0, 0.05) is 37.0 Å². The third-order valence-corrected chi connectivity index (χ3v) is 4.14. The number of hydrogen-bond acceptors (Lipinski definition) is 4. The van der Waals surface area contributed by atoms with Crippen LogP contribution in [0.2, 0.25) is 5.02 Å². The molecular formula is C15H18ClN3OS. The summed E-state index contributed by atoms with van der Waals surface area (Å²) in [5, 5.41) is 6.80. The monoisotopic (exact) mass is 323 g/mol. The second-order valence-corrected chi connectivity index (χ2v) is 5.89. The van der Waals surface area contributed by atoms with Crippen molar-refractivity contribution in [3.63, 3.8) is 0 Å². The van der Waals surface area contributed by atoms with E-state index in [4.69, 9.17) is 11.6 Å². The molecule has 0 aliphatic rings. The molecule has 1 amide bonds. The zero-order chi connectivity index (χ0) is 15.2. The maximum absolute atomic E-state index is 11.5. The molecule has 0 saturated carbocycles. The Balaban J connectivity index is 1.89. The van der Waals surface area contributed by atoms with Gasteiger partial charge >= 0.3 is 0 Å². The van der Waals surface area contributed by atoms with E-state index in [-0.39, 0.29) is 5.91 Å². The van der Waals surface area contributed by atoms with Gasteiger partial charge in [-0.05, 0) is 24.6 Å². The average molecular weight is 324 g/mol. The first-order valence-electron chi connectivity index (χ1n) is 6.77. The summed E-state index contributed by atoms with van der Waals surface area (Å²) >= 11 is 7.44. The lowest BCUT2D eigenvalue weighted by molar-refractivity contribution is -0.116. The molecule has 1 aromatic carbocycles. The van der Waals surface area contributed by atoms with Gasteiger partial charge in [-0.25, -0.2) is 4.98 Å². The number of thiazole rings is 1. The predicted molar refractivity (Wildman–Crippen MR) is 87.8 cm³/mol. The molecule has 0 bridgehead atoms. The van der Waals surface area contributed by atoms with Crippen LogP contribution in [0.4, 0.5) is 5.13 Å². The van der Waals surface area contributed by atoms with Crippen molar-refractivity contribution in [2.75, 3.05) is 11.4 Å². The van der Waals surface area contributed by atoms with Gasteiger partial charge in [0.25, 0.3) is 0 Å². The number of carbonyl (C=O) groups excluding carboxylic acids is 1. The first-order valence-corrected chi connectivity index (χ1v) is 8.03. The summed E-state index contributed by atoms with van der Waals surface area (Å²) in [4.78, 5) is 17.6. The van der Waals surface area contributed by atoms with Crippen molar-refractivity contribution in [1.29, 1.82) is 0 Å². The minimum atomic E-state index is 0.0188. The van der Waals surface area contributed by atoms with E-state index >= 15 is 0 Å². The van der Waals surface area contributed by atoms with E-state index in [2.05, 4.69) is 10.3 Å². The van der Waals surface area contributed by atoms with Crippen LogP contribution in [-0.4, -0.2) is 17.4 Å². The van der Waals surface area contributed by atoms with Gasteiger partial charge in [-0.2, -0.15) is 0 Å². The Kier molecular flexibility index (Phi) is 5.73. The van der Waals surface area contributed by atoms with Crippen molar-refractivity contribution in [2.24, 2.45) is 0 Å². The van der Waals surface area contributed by atoms with Gasteiger partial charge in [0.15, 0.2) is 5.13 Å². The van der Waals surface area contributed by atoms with E-state index < -0.39 is 0 Å². The fourth-order valence-electron chi connectivity index (χ4n) is 1.98. The lowest BCUT2D eigenvalue weighted by Crippen LogP contribution is -2.27. The molecule has 4 nitrogen and oxygen atoms in total. The molecule has 21 heavy (non-hydrogen) atoms. The highest BCUT2D eigenvalue weighted by Gasteiger charge is 2.13. The predicted octanol–water partition coefficient (Wildman–Crippen LogP) is 3.46. The van der Waals surface area contributed by atoms with Crippen molar-refractivity contribution < 1.29 is 4.79 Å². The van der Waals surface area contributed by atoms with Gasteiger partial charge < -0.3 is 5.32 Å². The maximum atomic E-state index is 11.5. The van der Waals surface area contributed by atoms with Crippen molar-refractivity contribution in [3.8, 4) is 0 Å². The molecule has 0 spiro atoms. The first-order chi connectivity index (χ1) is 10.1. The second-order valence-electron chi connectivity index (χ2n) is 4.62. The molecule has 0 atom stereocenters. The van der Waals surface area contributed by atoms with Crippen molar-refractivity contribution >= 4 is 34.0 Å². The van der Waals surface area contributed by atoms with Gasteiger partial charge in [-0.1, -0.05) is 23.7 Å². The molecule has 2 rings (SSSR count). The topological polar surface area (TPSA) is 45.2 Å². The molecule has 0 radical (unpaired) electrons. The standard InChI is InChI=1S/C15H18ClN3OS/c1-3-19(11(2)20)15-18-14(10-21-15)9-17-8-12-5-4-6-13(16)7-12/h4-7,10,17H,3,8-9H2,1-2H3. The van der Waals surface area contributed by atoms with E-state index in [0.29, 0.717) is 13.1 Å². The quantitative estimate of drug-likeness (QED) is 0.885. The van der Waals surface area contributed by atoms with Crippen LogP contribution in [0.15, 0.2) is 29.6 Å². The molecule has 6 heteroatoms. The smallest absolute Gasteiger partial charge is 0.225 e. The number of anilines is 1. The van der Waals surface area contributed by atoms with Gasteiger partial charge in [0.05, 0.1) is 5.69 Å². The Morgan fingerprint density at radius 1 is 1.43 bits per heavy atom. The molecule has 0 unspecified atom stereocenters. The Bertz CT molecular complexity index is 614. The van der Waals surface area contributed by atoms with Crippen LogP contribution in [0, 0.1) is 0 Å². The van der Waals surface area contributed by atoms with Crippen molar-refractivity contribution in [2.45, 2.75) is 26.9 Å². The molecule has 0 fully saturated rings. The SMILES string of the molecule is CCN(C(C)=O)c1nc(CNCc2cccc(Cl)c2)cs1. The van der Waals surface area contributed by atoms with Crippen LogP contribution < -0.4 is 10.2 Å². The van der Waals surface area contributed by atoms with Crippen LogP contribution in [-0.2, 0) is 17.9 Å². The van der Waals surface area contributed by atoms with Gasteiger partial charge in [0.2, 0.25) is 5.91 Å². The van der Waals surface area contributed by atoms with Crippen LogP contribution in [0.3, 0.4) is 0 Å². The molecule has 1 heterocycles. The number of hydrogen-bond donors (Lipinski definition) is 1. The summed E-state index contributed by atoms with van der Waals surface area (Å²) in [5.41, 5.74) is 2.08. The minimum Gasteiger partial charge on any atom is -0.307 e. The van der Waals surface area contributed by atoms with Gasteiger partial charge in [-0.3, -0.25) is 9.69 Å². The van der Waals surface area contributed by atoms with E-state index in [1.807, 2.05) is 36.6 Å². The molecule has 112 valence electrons. The summed E-state index contributed by atoms with van der Waals surface area (Å²) < 4.78 is 0. The highest BCUT2D eigenvalue weighted by molar-refractivity contribution is 7.14. The number of benzene rings is 1. The second kappa shape index (κ2) is 7.54. The Morgan fingerprint density at radius 2 is 2.24 bits per heavy atom. The number of halogens is 1. The third kappa shape index (κ3) is 4.52. The Morgan fingerprint density at radius 3 is 2.90 bits per heavy atom. The highest BCUT2D eigenvalue weighted by Crippen LogP contribution is 2.20. The average Bonchev–Trinajstić information content (AvgIpc) is 2.88. The van der Waals surface area contributed by atoms with Crippen LogP contribution in [0.1, 0.15) is 25.1 Å².